The fourth-order valence-corrected chi connectivity index (χ4v) is 4.07. The zero-order chi connectivity index (χ0) is 18.6. The lowest BCUT2D eigenvalue weighted by Crippen LogP contribution is -3.11. The van der Waals surface area contributed by atoms with E-state index in [0.29, 0.717) is 10.2 Å². The quantitative estimate of drug-likeness (QED) is 0.620. The maximum absolute atomic E-state index is 11.0. The number of hydrogen-bond acceptors (Lipinski definition) is 6. The molecule has 0 saturated carbocycles. The number of thiazole rings is 1. The predicted octanol–water partition coefficient (Wildman–Crippen LogP) is 0.574. The van der Waals surface area contributed by atoms with Gasteiger partial charge in [0.15, 0.2) is 0 Å². The number of morpholine rings is 1. The monoisotopic (exact) mass is 410 g/mol. The zero-order valence-electron chi connectivity index (χ0n) is 14.8. The summed E-state index contributed by atoms with van der Waals surface area (Å²) >= 11 is 1.37. The van der Waals surface area contributed by atoms with Gasteiger partial charge in [0.05, 0.1) is 35.4 Å². The highest BCUT2D eigenvalue weighted by Gasteiger charge is 2.09. The van der Waals surface area contributed by atoms with Gasteiger partial charge in [0.25, 0.3) is 0 Å². The summed E-state index contributed by atoms with van der Waals surface area (Å²) < 4.78 is 38.8. The number of nitrogens with zero attached hydrogens (tertiary/aromatic N) is 1. The number of nitrogens with one attached hydrogen (secondary N) is 1. The second-order valence-corrected chi connectivity index (χ2v) is 8.45. The van der Waals surface area contributed by atoms with Crippen molar-refractivity contribution in [2.75, 3.05) is 33.4 Å². The van der Waals surface area contributed by atoms with Crippen LogP contribution in [0.3, 0.4) is 0 Å². The number of benzene rings is 2. The number of fused-ring (bicyclic) bond motifs is 1. The van der Waals surface area contributed by atoms with E-state index in [2.05, 4.69) is 12.0 Å². The van der Waals surface area contributed by atoms with Gasteiger partial charge in [0.2, 0.25) is 0 Å². The number of rotatable bonds is 2. The van der Waals surface area contributed by atoms with Gasteiger partial charge in [-0.05, 0) is 18.2 Å². The van der Waals surface area contributed by atoms with Crippen LogP contribution in [0.4, 0.5) is 0 Å². The fraction of sp³-hybridized carbons (Fsp3) is 0.278. The van der Waals surface area contributed by atoms with Crippen LogP contribution in [-0.2, 0) is 14.9 Å². The van der Waals surface area contributed by atoms with Crippen molar-refractivity contribution in [3.8, 4) is 10.6 Å². The summed E-state index contributed by atoms with van der Waals surface area (Å²) in [5.41, 5.74) is 1.66. The maximum Gasteiger partial charge on any atom is 0.124 e. The van der Waals surface area contributed by atoms with Crippen LogP contribution in [0.2, 0.25) is 0 Å². The van der Waals surface area contributed by atoms with Gasteiger partial charge in [0.1, 0.15) is 28.2 Å². The van der Waals surface area contributed by atoms with Crippen molar-refractivity contribution in [3.05, 3.63) is 48.5 Å². The van der Waals surface area contributed by atoms with Crippen molar-refractivity contribution in [2.45, 2.75) is 4.90 Å². The molecule has 27 heavy (non-hydrogen) atoms. The molecule has 0 atom stereocenters. The number of quaternary nitrogens is 1. The molecular formula is C18H22N2O5S2. The van der Waals surface area contributed by atoms with Crippen LogP contribution in [0.1, 0.15) is 0 Å². The van der Waals surface area contributed by atoms with Crippen LogP contribution in [0.5, 0.6) is 0 Å². The zero-order valence-corrected chi connectivity index (χ0v) is 16.5. The molecule has 0 unspecified atom stereocenters. The second kappa shape index (κ2) is 9.36. The summed E-state index contributed by atoms with van der Waals surface area (Å²) in [4.78, 5) is 5.80. The molecule has 0 aliphatic carbocycles. The van der Waals surface area contributed by atoms with Gasteiger partial charge in [-0.25, -0.2) is 13.4 Å². The molecule has 0 amide bonds. The van der Waals surface area contributed by atoms with Crippen molar-refractivity contribution in [2.24, 2.45) is 0 Å². The van der Waals surface area contributed by atoms with Crippen LogP contribution in [-0.4, -0.2) is 56.8 Å². The number of likely N-dealkylation sites (N-methyl/N-ethyl adjacent to an activating group) is 1. The Bertz CT molecular complexity index is 968. The minimum Gasteiger partial charge on any atom is -0.744 e. The molecule has 3 N–H and O–H groups in total. The third-order valence-electron chi connectivity index (χ3n) is 4.02. The van der Waals surface area contributed by atoms with Crippen molar-refractivity contribution in [3.63, 3.8) is 0 Å². The van der Waals surface area contributed by atoms with E-state index in [1.807, 2.05) is 30.3 Å². The lowest BCUT2D eigenvalue weighted by molar-refractivity contribution is -0.888. The van der Waals surface area contributed by atoms with Crippen LogP contribution in [0.15, 0.2) is 53.4 Å². The standard InChI is InChI=1S/C13H9NO3S2.C5H11NO.H2O/c15-19(16,17)10-6-7-11-12(8-10)18-13(14-11)9-4-2-1-3-5-9;1-6-2-4-7-5-3-6;/h1-8H,(H,15,16,17);2-5H2,1H3;1H2. The average molecular weight is 411 g/mol. The lowest BCUT2D eigenvalue weighted by Gasteiger charge is -2.18. The molecule has 2 heterocycles. The molecular weight excluding hydrogens is 388 g/mol. The summed E-state index contributed by atoms with van der Waals surface area (Å²) in [7, 11) is -2.22. The first-order valence-electron chi connectivity index (χ1n) is 8.24. The molecule has 9 heteroatoms. The van der Waals surface area contributed by atoms with E-state index in [1.165, 1.54) is 36.6 Å². The van der Waals surface area contributed by atoms with Crippen molar-refractivity contribution < 1.29 is 28.1 Å². The van der Waals surface area contributed by atoms with E-state index in [-0.39, 0.29) is 10.4 Å². The van der Waals surface area contributed by atoms with Crippen molar-refractivity contribution in [1.82, 2.24) is 4.98 Å². The minimum absolute atomic E-state index is 0. The Morgan fingerprint density at radius 2 is 1.78 bits per heavy atom. The average Bonchev–Trinajstić information content (AvgIpc) is 3.06. The topological polar surface area (TPSA) is 115 Å². The van der Waals surface area contributed by atoms with Crippen LogP contribution >= 0.6 is 11.3 Å². The number of ether oxygens (including phenoxy) is 1. The summed E-state index contributed by atoms with van der Waals surface area (Å²) in [5.74, 6) is 0. The Labute approximate surface area is 162 Å². The van der Waals surface area contributed by atoms with E-state index in [1.54, 1.807) is 11.0 Å². The summed E-state index contributed by atoms with van der Waals surface area (Å²) in [6.07, 6.45) is 0. The highest BCUT2D eigenvalue weighted by molar-refractivity contribution is 7.85. The summed E-state index contributed by atoms with van der Waals surface area (Å²) in [5, 5.41) is 0.802. The first-order valence-corrected chi connectivity index (χ1v) is 10.5. The molecule has 4 rings (SSSR count). The first kappa shape index (κ1) is 21.4. The molecule has 146 valence electrons. The molecule has 1 aromatic heterocycles. The Kier molecular flexibility index (Phi) is 7.42. The molecule has 1 aliphatic rings. The molecule has 1 saturated heterocycles. The molecule has 1 aliphatic heterocycles. The third-order valence-corrected chi connectivity index (χ3v) is 5.91. The van der Waals surface area contributed by atoms with Crippen LogP contribution in [0.25, 0.3) is 20.8 Å². The maximum atomic E-state index is 11.0. The highest BCUT2D eigenvalue weighted by atomic mass is 32.2. The molecule has 3 aromatic rings. The Morgan fingerprint density at radius 3 is 2.33 bits per heavy atom. The van der Waals surface area contributed by atoms with Crippen molar-refractivity contribution >= 4 is 31.7 Å². The van der Waals surface area contributed by atoms with Gasteiger partial charge < -0.3 is 19.7 Å². The summed E-state index contributed by atoms with van der Waals surface area (Å²) in [6.45, 7) is 4.26. The molecule has 7 nitrogen and oxygen atoms in total. The molecule has 2 aromatic carbocycles. The van der Waals surface area contributed by atoms with E-state index in [4.69, 9.17) is 4.74 Å². The summed E-state index contributed by atoms with van der Waals surface area (Å²) in [6, 6.07) is 13.8. The van der Waals surface area contributed by atoms with E-state index in [0.717, 1.165) is 23.8 Å². The van der Waals surface area contributed by atoms with Gasteiger partial charge in [-0.2, -0.15) is 0 Å². The smallest absolute Gasteiger partial charge is 0.124 e. The second-order valence-electron chi connectivity index (χ2n) is 6.04. The van der Waals surface area contributed by atoms with E-state index in [9.17, 15) is 13.0 Å². The molecule has 0 bridgehead atoms. The van der Waals surface area contributed by atoms with E-state index < -0.39 is 10.1 Å². The Balaban J connectivity index is 0.000000278. The van der Waals surface area contributed by atoms with Crippen molar-refractivity contribution in [1.29, 1.82) is 0 Å². The lowest BCUT2D eigenvalue weighted by atomic mass is 10.2. The van der Waals surface area contributed by atoms with Gasteiger partial charge in [-0.1, -0.05) is 30.3 Å². The number of hydrogen-bond donors (Lipinski definition) is 1. The molecule has 1 fully saturated rings. The SMILES string of the molecule is C[NH+]1CCOCC1.O.O=S(=O)([O-])c1ccc2nc(-c3ccccc3)sc2c1. The van der Waals surface area contributed by atoms with Gasteiger partial charge >= 0.3 is 0 Å². The molecule has 0 spiro atoms. The fourth-order valence-electron chi connectivity index (χ4n) is 2.48. The normalized spacial score (nSPS) is 14.9. The third kappa shape index (κ3) is 5.80. The Morgan fingerprint density at radius 1 is 1.11 bits per heavy atom. The number of aromatic nitrogens is 1. The highest BCUT2D eigenvalue weighted by Crippen LogP contribution is 2.31. The van der Waals surface area contributed by atoms with Crippen LogP contribution < -0.4 is 4.90 Å². The van der Waals surface area contributed by atoms with Gasteiger partial charge in [-0.15, -0.1) is 11.3 Å². The predicted molar refractivity (Wildman–Crippen MR) is 104 cm³/mol. The van der Waals surface area contributed by atoms with Crippen LogP contribution in [0, 0.1) is 0 Å². The molecule has 0 radical (unpaired) electrons. The van der Waals surface area contributed by atoms with Gasteiger partial charge in [-0.3, -0.25) is 0 Å². The Hall–Kier alpha value is -1.88. The first-order chi connectivity index (χ1) is 12.4. The largest absolute Gasteiger partial charge is 0.744 e. The van der Waals surface area contributed by atoms with Gasteiger partial charge in [0, 0.05) is 5.56 Å². The van der Waals surface area contributed by atoms with E-state index >= 15 is 0 Å². The minimum atomic E-state index is -4.42.